The summed E-state index contributed by atoms with van der Waals surface area (Å²) >= 11 is 0. The molecule has 3 nitrogen and oxygen atoms in total. The van der Waals surface area contributed by atoms with Crippen LogP contribution in [0.15, 0.2) is 36.5 Å². The van der Waals surface area contributed by atoms with Gasteiger partial charge >= 0.3 is 0 Å². The minimum absolute atomic E-state index is 0.00320. The van der Waals surface area contributed by atoms with Crippen LogP contribution in [-0.4, -0.2) is 22.7 Å². The molecule has 1 aromatic heterocycles. The lowest BCUT2D eigenvalue weighted by Crippen LogP contribution is -2.26. The molecule has 1 atom stereocenters. The average molecular weight is 202 g/mol. The maximum atomic E-state index is 8.92. The third-order valence-corrected chi connectivity index (χ3v) is 2.43. The number of aromatic nitrogens is 1. The van der Waals surface area contributed by atoms with E-state index in [1.807, 2.05) is 30.3 Å². The molecule has 1 unspecified atom stereocenters. The molecule has 0 aliphatic rings. The van der Waals surface area contributed by atoms with Gasteiger partial charge in [0.25, 0.3) is 0 Å². The maximum absolute atomic E-state index is 8.92. The Labute approximate surface area is 88.6 Å². The van der Waals surface area contributed by atoms with Gasteiger partial charge in [-0.3, -0.25) is 4.98 Å². The molecule has 0 saturated carbocycles. The standard InChI is InChI=1S/C12H14N2O/c13-11(8-15)7-10-4-1-3-9-5-2-6-14-12(9)10/h1-6,11,15H,7-8,13H2. The van der Waals surface area contributed by atoms with Gasteiger partial charge in [-0.2, -0.15) is 0 Å². The number of aliphatic hydroxyl groups is 1. The van der Waals surface area contributed by atoms with Crippen LogP contribution in [0.25, 0.3) is 10.9 Å². The molecule has 2 aromatic rings. The zero-order valence-electron chi connectivity index (χ0n) is 8.43. The van der Waals surface area contributed by atoms with E-state index in [-0.39, 0.29) is 12.6 Å². The molecular weight excluding hydrogens is 188 g/mol. The first kappa shape index (κ1) is 10.1. The number of nitrogens with two attached hydrogens (primary N) is 1. The molecule has 0 spiro atoms. The zero-order chi connectivity index (χ0) is 10.7. The topological polar surface area (TPSA) is 59.1 Å². The van der Waals surface area contributed by atoms with Gasteiger partial charge in [0.1, 0.15) is 0 Å². The van der Waals surface area contributed by atoms with Crippen molar-refractivity contribution in [1.29, 1.82) is 0 Å². The Kier molecular flexibility index (Phi) is 2.94. The van der Waals surface area contributed by atoms with Crippen molar-refractivity contribution in [3.8, 4) is 0 Å². The van der Waals surface area contributed by atoms with Crippen LogP contribution in [0.3, 0.4) is 0 Å². The number of hydrogen-bond donors (Lipinski definition) is 2. The van der Waals surface area contributed by atoms with E-state index < -0.39 is 0 Å². The Bertz CT molecular complexity index is 451. The first-order valence-corrected chi connectivity index (χ1v) is 5.00. The number of aliphatic hydroxyl groups excluding tert-OH is 1. The molecule has 3 N–H and O–H groups in total. The van der Waals surface area contributed by atoms with E-state index in [9.17, 15) is 0 Å². The van der Waals surface area contributed by atoms with Gasteiger partial charge in [-0.1, -0.05) is 24.3 Å². The number of nitrogens with zero attached hydrogens (tertiary/aromatic N) is 1. The average Bonchev–Trinajstić information content (AvgIpc) is 2.29. The molecule has 15 heavy (non-hydrogen) atoms. The predicted octanol–water partition coefficient (Wildman–Crippen LogP) is 1.10. The summed E-state index contributed by atoms with van der Waals surface area (Å²) in [5, 5.41) is 10.0. The molecule has 0 aliphatic carbocycles. The second-order valence-corrected chi connectivity index (χ2v) is 3.64. The number of hydrogen-bond acceptors (Lipinski definition) is 3. The Balaban J connectivity index is 2.42. The van der Waals surface area contributed by atoms with E-state index in [1.54, 1.807) is 6.20 Å². The van der Waals surface area contributed by atoms with Crippen LogP contribution < -0.4 is 5.73 Å². The SMILES string of the molecule is NC(CO)Cc1cccc2cccnc12. The number of para-hydroxylation sites is 1. The fourth-order valence-electron chi connectivity index (χ4n) is 1.68. The molecule has 0 aliphatic heterocycles. The first-order valence-electron chi connectivity index (χ1n) is 5.00. The summed E-state index contributed by atoms with van der Waals surface area (Å²) in [6.07, 6.45) is 2.43. The summed E-state index contributed by atoms with van der Waals surface area (Å²) in [5.74, 6) is 0. The highest BCUT2D eigenvalue weighted by Crippen LogP contribution is 2.16. The molecule has 0 radical (unpaired) electrons. The summed E-state index contributed by atoms with van der Waals surface area (Å²) in [4.78, 5) is 4.33. The number of benzene rings is 1. The third-order valence-electron chi connectivity index (χ3n) is 2.43. The van der Waals surface area contributed by atoms with Crippen molar-refractivity contribution >= 4 is 10.9 Å². The van der Waals surface area contributed by atoms with Crippen molar-refractivity contribution in [3.05, 3.63) is 42.1 Å². The number of fused-ring (bicyclic) bond motifs is 1. The Morgan fingerprint density at radius 3 is 2.87 bits per heavy atom. The summed E-state index contributed by atoms with van der Waals surface area (Å²) in [6, 6.07) is 9.75. The second kappa shape index (κ2) is 4.38. The van der Waals surface area contributed by atoms with Crippen molar-refractivity contribution in [1.82, 2.24) is 4.98 Å². The van der Waals surface area contributed by atoms with Gasteiger partial charge in [-0.05, 0) is 18.1 Å². The fraction of sp³-hybridized carbons (Fsp3) is 0.250. The van der Waals surface area contributed by atoms with Gasteiger partial charge in [0, 0.05) is 17.6 Å². The third kappa shape index (κ3) is 2.14. The number of rotatable bonds is 3. The van der Waals surface area contributed by atoms with E-state index in [2.05, 4.69) is 4.98 Å². The second-order valence-electron chi connectivity index (χ2n) is 3.64. The Hall–Kier alpha value is -1.45. The van der Waals surface area contributed by atoms with Gasteiger partial charge in [0.05, 0.1) is 12.1 Å². The molecule has 2 rings (SSSR count). The minimum atomic E-state index is -0.211. The monoisotopic (exact) mass is 202 g/mol. The molecular formula is C12H14N2O. The van der Waals surface area contributed by atoms with Gasteiger partial charge in [-0.15, -0.1) is 0 Å². The predicted molar refractivity (Wildman–Crippen MR) is 60.5 cm³/mol. The zero-order valence-corrected chi connectivity index (χ0v) is 8.43. The van der Waals surface area contributed by atoms with Crippen molar-refractivity contribution < 1.29 is 5.11 Å². The highest BCUT2D eigenvalue weighted by atomic mass is 16.3. The van der Waals surface area contributed by atoms with Crippen molar-refractivity contribution in [2.45, 2.75) is 12.5 Å². The van der Waals surface area contributed by atoms with Crippen LogP contribution in [0.4, 0.5) is 0 Å². The smallest absolute Gasteiger partial charge is 0.0734 e. The first-order chi connectivity index (χ1) is 7.31. The van der Waals surface area contributed by atoms with Gasteiger partial charge < -0.3 is 10.8 Å². The van der Waals surface area contributed by atoms with Gasteiger partial charge in [0.15, 0.2) is 0 Å². The normalized spacial score (nSPS) is 12.9. The van der Waals surface area contributed by atoms with Crippen molar-refractivity contribution in [2.75, 3.05) is 6.61 Å². The summed E-state index contributed by atoms with van der Waals surface area (Å²) < 4.78 is 0. The van der Waals surface area contributed by atoms with Gasteiger partial charge in [-0.25, -0.2) is 0 Å². The lowest BCUT2D eigenvalue weighted by Gasteiger charge is -2.09. The van der Waals surface area contributed by atoms with E-state index >= 15 is 0 Å². The number of pyridine rings is 1. The highest BCUT2D eigenvalue weighted by Gasteiger charge is 2.06. The molecule has 1 aromatic carbocycles. The largest absolute Gasteiger partial charge is 0.395 e. The van der Waals surface area contributed by atoms with E-state index in [0.29, 0.717) is 6.42 Å². The lowest BCUT2D eigenvalue weighted by molar-refractivity contribution is 0.265. The Morgan fingerprint density at radius 2 is 2.07 bits per heavy atom. The van der Waals surface area contributed by atoms with E-state index in [1.165, 1.54) is 0 Å². The van der Waals surface area contributed by atoms with E-state index in [0.717, 1.165) is 16.5 Å². The summed E-state index contributed by atoms with van der Waals surface area (Å²) in [7, 11) is 0. The van der Waals surface area contributed by atoms with Crippen molar-refractivity contribution in [2.24, 2.45) is 5.73 Å². The quantitative estimate of drug-likeness (QED) is 0.783. The van der Waals surface area contributed by atoms with E-state index in [4.69, 9.17) is 10.8 Å². The summed E-state index contributed by atoms with van der Waals surface area (Å²) in [6.45, 7) is 0.00320. The molecule has 0 fully saturated rings. The minimum Gasteiger partial charge on any atom is -0.395 e. The van der Waals surface area contributed by atoms with Crippen LogP contribution in [0.5, 0.6) is 0 Å². The summed E-state index contributed by atoms with van der Waals surface area (Å²) in [5.41, 5.74) is 7.79. The molecule has 0 saturated heterocycles. The molecule has 0 amide bonds. The van der Waals surface area contributed by atoms with Crippen LogP contribution in [0.2, 0.25) is 0 Å². The molecule has 0 bridgehead atoms. The molecule has 3 heteroatoms. The maximum Gasteiger partial charge on any atom is 0.0734 e. The van der Waals surface area contributed by atoms with Crippen LogP contribution in [0.1, 0.15) is 5.56 Å². The van der Waals surface area contributed by atoms with Crippen LogP contribution in [0, 0.1) is 0 Å². The highest BCUT2D eigenvalue weighted by molar-refractivity contribution is 5.81. The fourth-order valence-corrected chi connectivity index (χ4v) is 1.68. The van der Waals surface area contributed by atoms with Crippen molar-refractivity contribution in [3.63, 3.8) is 0 Å². The Morgan fingerprint density at radius 1 is 1.27 bits per heavy atom. The van der Waals surface area contributed by atoms with Crippen LogP contribution in [-0.2, 0) is 6.42 Å². The molecule has 78 valence electrons. The van der Waals surface area contributed by atoms with Gasteiger partial charge in [0.2, 0.25) is 0 Å². The van der Waals surface area contributed by atoms with Crippen LogP contribution >= 0.6 is 0 Å². The molecule has 1 heterocycles. The lowest BCUT2D eigenvalue weighted by atomic mass is 10.0.